The van der Waals surface area contributed by atoms with Gasteiger partial charge in [0, 0.05) is 31.2 Å². The number of nitrogens with one attached hydrogen (secondary N) is 1. The van der Waals surface area contributed by atoms with Gasteiger partial charge in [-0.25, -0.2) is 9.18 Å². The normalized spacial score (nSPS) is 14.9. The number of likely N-dealkylation sites (N-methyl/N-ethyl adjacent to an activating group) is 1. The summed E-state index contributed by atoms with van der Waals surface area (Å²) in [5.41, 5.74) is 0.516. The minimum Gasteiger partial charge on any atom is -0.478 e. The number of carbonyl (C=O) groups is 1. The van der Waals surface area contributed by atoms with Crippen molar-refractivity contribution in [2.45, 2.75) is 25.4 Å². The predicted molar refractivity (Wildman–Crippen MR) is 70.7 cm³/mol. The van der Waals surface area contributed by atoms with Gasteiger partial charge in [-0.2, -0.15) is 0 Å². The topological polar surface area (TPSA) is 52.6 Å². The van der Waals surface area contributed by atoms with Gasteiger partial charge in [0.05, 0.1) is 5.56 Å². The van der Waals surface area contributed by atoms with Crippen molar-refractivity contribution in [2.75, 3.05) is 20.1 Å². The van der Waals surface area contributed by atoms with Crippen LogP contribution in [-0.4, -0.2) is 42.2 Å². The van der Waals surface area contributed by atoms with E-state index in [1.54, 1.807) is 0 Å². The maximum Gasteiger partial charge on any atom is 0.335 e. The third-order valence-corrected chi connectivity index (χ3v) is 3.42. The van der Waals surface area contributed by atoms with E-state index in [0.717, 1.165) is 13.1 Å². The number of carboxylic acids is 1. The number of carboxylic acid groups (broad SMARTS) is 1. The lowest BCUT2D eigenvalue weighted by Crippen LogP contribution is -2.30. The number of halogens is 1. The molecule has 0 radical (unpaired) electrons. The van der Waals surface area contributed by atoms with Crippen LogP contribution in [0.25, 0.3) is 0 Å². The summed E-state index contributed by atoms with van der Waals surface area (Å²) in [5.74, 6) is -1.40. The fraction of sp³-hybridized carbons (Fsp3) is 0.500. The second kappa shape index (κ2) is 6.12. The van der Waals surface area contributed by atoms with Gasteiger partial charge in [0.1, 0.15) is 5.82 Å². The number of nitrogens with zero attached hydrogens (tertiary/aromatic N) is 1. The Morgan fingerprint density at radius 2 is 2.26 bits per heavy atom. The lowest BCUT2D eigenvalue weighted by Gasteiger charge is -2.15. The van der Waals surface area contributed by atoms with E-state index in [9.17, 15) is 9.18 Å². The van der Waals surface area contributed by atoms with Crippen molar-refractivity contribution in [3.8, 4) is 0 Å². The van der Waals surface area contributed by atoms with E-state index >= 15 is 0 Å². The molecule has 1 fully saturated rings. The van der Waals surface area contributed by atoms with Crippen LogP contribution in [0.2, 0.25) is 0 Å². The first-order valence-electron chi connectivity index (χ1n) is 6.50. The first-order chi connectivity index (χ1) is 9.08. The van der Waals surface area contributed by atoms with Gasteiger partial charge in [-0.15, -0.1) is 0 Å². The average molecular weight is 266 g/mol. The maximum absolute atomic E-state index is 13.5. The van der Waals surface area contributed by atoms with Gasteiger partial charge in [-0.1, -0.05) is 0 Å². The van der Waals surface area contributed by atoms with Crippen LogP contribution in [0.4, 0.5) is 4.39 Å². The van der Waals surface area contributed by atoms with Crippen molar-refractivity contribution in [3.05, 3.63) is 35.1 Å². The average Bonchev–Trinajstić information content (AvgIpc) is 3.20. The number of rotatable bonds is 7. The Hall–Kier alpha value is -1.46. The molecule has 1 aromatic rings. The molecule has 1 aliphatic rings. The molecule has 4 nitrogen and oxygen atoms in total. The van der Waals surface area contributed by atoms with Gasteiger partial charge >= 0.3 is 5.97 Å². The molecular formula is C14H19FN2O2. The third kappa shape index (κ3) is 4.01. The molecule has 0 unspecified atom stereocenters. The summed E-state index contributed by atoms with van der Waals surface area (Å²) in [7, 11) is 2.09. The molecule has 2 N–H and O–H groups in total. The zero-order valence-electron chi connectivity index (χ0n) is 11.0. The summed E-state index contributed by atoms with van der Waals surface area (Å²) in [4.78, 5) is 13.1. The highest BCUT2D eigenvalue weighted by Crippen LogP contribution is 2.24. The van der Waals surface area contributed by atoms with Gasteiger partial charge in [0.15, 0.2) is 0 Å². The zero-order valence-corrected chi connectivity index (χ0v) is 11.0. The van der Waals surface area contributed by atoms with E-state index in [-0.39, 0.29) is 11.4 Å². The van der Waals surface area contributed by atoms with Gasteiger partial charge in [0.2, 0.25) is 0 Å². The minimum atomic E-state index is -1.03. The molecular weight excluding hydrogens is 247 g/mol. The maximum atomic E-state index is 13.5. The van der Waals surface area contributed by atoms with Crippen LogP contribution in [0, 0.1) is 5.82 Å². The highest BCUT2D eigenvalue weighted by atomic mass is 19.1. The molecule has 1 aromatic carbocycles. The smallest absolute Gasteiger partial charge is 0.335 e. The molecule has 0 heterocycles. The summed E-state index contributed by atoms with van der Waals surface area (Å²) >= 11 is 0. The Bertz CT molecular complexity index is 461. The first-order valence-corrected chi connectivity index (χ1v) is 6.50. The predicted octanol–water partition coefficient (Wildman–Crippen LogP) is 1.71. The van der Waals surface area contributed by atoms with Crippen molar-refractivity contribution in [1.29, 1.82) is 0 Å². The van der Waals surface area contributed by atoms with Crippen molar-refractivity contribution in [1.82, 2.24) is 10.2 Å². The molecule has 0 bridgehead atoms. The monoisotopic (exact) mass is 266 g/mol. The summed E-state index contributed by atoms with van der Waals surface area (Å²) in [6, 6.07) is 4.59. The molecule has 0 saturated heterocycles. The molecule has 0 aliphatic heterocycles. The van der Waals surface area contributed by atoms with Crippen LogP contribution in [0.5, 0.6) is 0 Å². The van der Waals surface area contributed by atoms with Gasteiger partial charge in [0.25, 0.3) is 0 Å². The molecule has 0 aromatic heterocycles. The van der Waals surface area contributed by atoms with Gasteiger partial charge < -0.3 is 15.3 Å². The van der Waals surface area contributed by atoms with Crippen molar-refractivity contribution in [2.24, 2.45) is 0 Å². The molecule has 5 heteroatoms. The van der Waals surface area contributed by atoms with Crippen LogP contribution >= 0.6 is 0 Å². The van der Waals surface area contributed by atoms with E-state index < -0.39 is 5.97 Å². The Morgan fingerprint density at radius 3 is 2.89 bits per heavy atom. The van der Waals surface area contributed by atoms with E-state index in [2.05, 4.69) is 17.3 Å². The Labute approximate surface area is 112 Å². The van der Waals surface area contributed by atoms with Crippen molar-refractivity contribution >= 4 is 5.97 Å². The molecule has 1 saturated carbocycles. The number of benzene rings is 1. The van der Waals surface area contributed by atoms with E-state index in [4.69, 9.17) is 5.11 Å². The van der Waals surface area contributed by atoms with Crippen LogP contribution in [0.3, 0.4) is 0 Å². The van der Waals surface area contributed by atoms with Crippen molar-refractivity contribution in [3.63, 3.8) is 0 Å². The summed E-state index contributed by atoms with van der Waals surface area (Å²) < 4.78 is 13.5. The fourth-order valence-electron chi connectivity index (χ4n) is 2.02. The molecule has 19 heavy (non-hydrogen) atoms. The van der Waals surface area contributed by atoms with Gasteiger partial charge in [-0.05, 0) is 38.1 Å². The van der Waals surface area contributed by atoms with Crippen LogP contribution in [0.15, 0.2) is 18.2 Å². The SMILES string of the molecule is CN(CCNCc1cc(C(=O)O)ccc1F)C1CC1. The highest BCUT2D eigenvalue weighted by Gasteiger charge is 2.25. The summed E-state index contributed by atoms with van der Waals surface area (Å²) in [6.45, 7) is 2.04. The number of aromatic carboxylic acids is 1. The van der Waals surface area contributed by atoms with Crippen LogP contribution < -0.4 is 5.32 Å². The van der Waals surface area contributed by atoms with Crippen LogP contribution in [0.1, 0.15) is 28.8 Å². The second-order valence-corrected chi connectivity index (χ2v) is 5.00. The molecule has 104 valence electrons. The van der Waals surface area contributed by atoms with Gasteiger partial charge in [-0.3, -0.25) is 0 Å². The van der Waals surface area contributed by atoms with E-state index in [0.29, 0.717) is 18.2 Å². The molecule has 1 aliphatic carbocycles. The third-order valence-electron chi connectivity index (χ3n) is 3.42. The quantitative estimate of drug-likeness (QED) is 0.738. The number of hydrogen-bond donors (Lipinski definition) is 2. The lowest BCUT2D eigenvalue weighted by molar-refractivity contribution is 0.0696. The molecule has 0 amide bonds. The zero-order chi connectivity index (χ0) is 13.8. The Balaban J connectivity index is 1.81. The lowest BCUT2D eigenvalue weighted by atomic mass is 10.1. The standard InChI is InChI=1S/C14H19FN2O2/c1-17(12-3-4-12)7-6-16-9-11-8-10(14(18)19)2-5-13(11)15/h2,5,8,12,16H,3-4,6-7,9H2,1H3,(H,18,19). The van der Waals surface area contributed by atoms with E-state index in [1.165, 1.54) is 31.0 Å². The molecule has 0 spiro atoms. The van der Waals surface area contributed by atoms with Crippen LogP contribution in [-0.2, 0) is 6.54 Å². The second-order valence-electron chi connectivity index (χ2n) is 5.00. The number of hydrogen-bond acceptors (Lipinski definition) is 3. The molecule has 2 rings (SSSR count). The summed E-state index contributed by atoms with van der Waals surface area (Å²) in [6.07, 6.45) is 2.54. The van der Waals surface area contributed by atoms with E-state index in [1.807, 2.05) is 0 Å². The fourth-order valence-corrected chi connectivity index (χ4v) is 2.02. The summed E-state index contributed by atoms with van der Waals surface area (Å²) in [5, 5.41) is 12.0. The Morgan fingerprint density at radius 1 is 1.53 bits per heavy atom. The highest BCUT2D eigenvalue weighted by molar-refractivity contribution is 5.87. The minimum absolute atomic E-state index is 0.119. The Kier molecular flexibility index (Phi) is 4.50. The molecule has 0 atom stereocenters. The largest absolute Gasteiger partial charge is 0.478 e. The first kappa shape index (κ1) is 14.0. The van der Waals surface area contributed by atoms with Crippen molar-refractivity contribution < 1.29 is 14.3 Å².